The minimum atomic E-state index is 0. The summed E-state index contributed by atoms with van der Waals surface area (Å²) in [5.41, 5.74) is 9.90. The quantitative estimate of drug-likeness (QED) is 0.344. The summed E-state index contributed by atoms with van der Waals surface area (Å²) in [6, 6.07) is 30.7. The van der Waals surface area contributed by atoms with E-state index in [4.69, 9.17) is 0 Å². The SMILES string of the molecule is C.C.Cc1ccc(-c2ccc(-c3ccc(C)cc3)n2-c2ccc(C)cc2)cc1. The summed E-state index contributed by atoms with van der Waals surface area (Å²) < 4.78 is 2.36. The smallest absolute Gasteiger partial charge is 0.0535 e. The van der Waals surface area contributed by atoms with Gasteiger partial charge in [0.05, 0.1) is 11.4 Å². The van der Waals surface area contributed by atoms with Gasteiger partial charge in [0.25, 0.3) is 0 Å². The average Bonchev–Trinajstić information content (AvgIpc) is 3.08. The van der Waals surface area contributed by atoms with Crippen LogP contribution in [0.1, 0.15) is 31.5 Å². The molecule has 1 heterocycles. The van der Waals surface area contributed by atoms with E-state index in [9.17, 15) is 0 Å². The third-order valence-electron chi connectivity index (χ3n) is 4.87. The lowest BCUT2D eigenvalue weighted by Gasteiger charge is -2.15. The lowest BCUT2D eigenvalue weighted by Crippen LogP contribution is -1.99. The highest BCUT2D eigenvalue weighted by molar-refractivity contribution is 5.73. The van der Waals surface area contributed by atoms with Gasteiger partial charge in [-0.05, 0) is 56.2 Å². The Morgan fingerprint density at radius 1 is 0.429 bits per heavy atom. The second-order valence-corrected chi connectivity index (χ2v) is 7.01. The Kier molecular flexibility index (Phi) is 6.64. The maximum atomic E-state index is 2.36. The molecule has 4 rings (SSSR count). The van der Waals surface area contributed by atoms with Crippen molar-refractivity contribution in [3.63, 3.8) is 0 Å². The number of nitrogens with zero attached hydrogens (tertiary/aromatic N) is 1. The number of benzene rings is 3. The van der Waals surface area contributed by atoms with Gasteiger partial charge in [0.1, 0.15) is 0 Å². The molecule has 0 unspecified atom stereocenters. The molecule has 1 heteroatoms. The van der Waals surface area contributed by atoms with Gasteiger partial charge in [0.2, 0.25) is 0 Å². The van der Waals surface area contributed by atoms with Crippen molar-refractivity contribution < 1.29 is 0 Å². The molecule has 0 atom stereocenters. The van der Waals surface area contributed by atoms with E-state index in [0.29, 0.717) is 0 Å². The molecule has 1 nitrogen and oxygen atoms in total. The van der Waals surface area contributed by atoms with Gasteiger partial charge in [-0.25, -0.2) is 0 Å². The highest BCUT2D eigenvalue weighted by atomic mass is 15.0. The van der Waals surface area contributed by atoms with E-state index < -0.39 is 0 Å². The summed E-state index contributed by atoms with van der Waals surface area (Å²) in [6.07, 6.45) is 0. The molecule has 1 aromatic heterocycles. The second-order valence-electron chi connectivity index (χ2n) is 7.01. The molecule has 144 valence electrons. The molecule has 0 spiro atoms. The van der Waals surface area contributed by atoms with Crippen LogP contribution in [-0.2, 0) is 0 Å². The zero-order chi connectivity index (χ0) is 18.1. The van der Waals surface area contributed by atoms with Gasteiger partial charge in [-0.3, -0.25) is 0 Å². The number of hydrogen-bond donors (Lipinski definition) is 0. The maximum Gasteiger partial charge on any atom is 0.0535 e. The highest BCUT2D eigenvalue weighted by Gasteiger charge is 2.13. The van der Waals surface area contributed by atoms with E-state index in [1.807, 2.05) is 0 Å². The molecule has 0 amide bonds. The van der Waals surface area contributed by atoms with Crippen LogP contribution in [0.4, 0.5) is 0 Å². The third kappa shape index (κ3) is 4.09. The van der Waals surface area contributed by atoms with Gasteiger partial charge in [-0.2, -0.15) is 0 Å². The number of hydrogen-bond acceptors (Lipinski definition) is 0. The van der Waals surface area contributed by atoms with Crippen LogP contribution in [0, 0.1) is 20.8 Å². The van der Waals surface area contributed by atoms with Crippen LogP contribution in [-0.4, -0.2) is 4.57 Å². The number of aromatic nitrogens is 1. The van der Waals surface area contributed by atoms with Crippen molar-refractivity contribution in [1.82, 2.24) is 4.57 Å². The largest absolute Gasteiger partial charge is 0.309 e. The van der Waals surface area contributed by atoms with Crippen LogP contribution in [0.5, 0.6) is 0 Å². The predicted octanol–water partition coefficient (Wildman–Crippen LogP) is 8.01. The molecule has 0 aliphatic carbocycles. The first-order valence-electron chi connectivity index (χ1n) is 9.05. The first-order chi connectivity index (χ1) is 12.6. The van der Waals surface area contributed by atoms with E-state index in [1.165, 1.54) is 44.9 Å². The van der Waals surface area contributed by atoms with Crippen molar-refractivity contribution >= 4 is 0 Å². The molecule has 0 aliphatic rings. The third-order valence-corrected chi connectivity index (χ3v) is 4.87. The van der Waals surface area contributed by atoms with Crippen molar-refractivity contribution in [2.45, 2.75) is 35.6 Å². The summed E-state index contributed by atoms with van der Waals surface area (Å²) >= 11 is 0. The van der Waals surface area contributed by atoms with Gasteiger partial charge < -0.3 is 4.57 Å². The van der Waals surface area contributed by atoms with Crippen molar-refractivity contribution in [3.05, 3.63) is 102 Å². The standard InChI is InChI=1S/C25H23N.2CH4/c1-18-4-10-21(11-5-18)24-16-17-25(22-12-6-19(2)7-13-22)26(24)23-14-8-20(3)9-15-23;;/h4-17H,1-3H3;2*1H4. The summed E-state index contributed by atoms with van der Waals surface area (Å²) in [6.45, 7) is 6.38. The van der Waals surface area contributed by atoms with Crippen molar-refractivity contribution in [2.75, 3.05) is 0 Å². The fraction of sp³-hybridized carbons (Fsp3) is 0.185. The van der Waals surface area contributed by atoms with Crippen LogP contribution in [0.3, 0.4) is 0 Å². The lowest BCUT2D eigenvalue weighted by molar-refractivity contribution is 1.09. The van der Waals surface area contributed by atoms with E-state index >= 15 is 0 Å². The Morgan fingerprint density at radius 3 is 1.11 bits per heavy atom. The molecule has 4 aromatic rings. The Morgan fingerprint density at radius 2 is 0.750 bits per heavy atom. The Balaban J connectivity index is 0.00000140. The van der Waals surface area contributed by atoms with Gasteiger partial charge >= 0.3 is 0 Å². The Hall–Kier alpha value is -3.06. The molecule has 3 aromatic carbocycles. The molecule has 0 fully saturated rings. The fourth-order valence-corrected chi connectivity index (χ4v) is 3.31. The zero-order valence-corrected chi connectivity index (χ0v) is 15.5. The average molecular weight is 370 g/mol. The van der Waals surface area contributed by atoms with E-state index in [1.54, 1.807) is 0 Å². The normalized spacial score (nSPS) is 10.1. The maximum absolute atomic E-state index is 2.36. The minimum Gasteiger partial charge on any atom is -0.309 e. The zero-order valence-electron chi connectivity index (χ0n) is 15.5. The molecule has 28 heavy (non-hydrogen) atoms. The van der Waals surface area contributed by atoms with Crippen LogP contribution < -0.4 is 0 Å². The van der Waals surface area contributed by atoms with Crippen molar-refractivity contribution in [2.24, 2.45) is 0 Å². The summed E-state index contributed by atoms with van der Waals surface area (Å²) in [4.78, 5) is 0. The first-order valence-corrected chi connectivity index (χ1v) is 9.05. The summed E-state index contributed by atoms with van der Waals surface area (Å²) in [5, 5.41) is 0. The van der Waals surface area contributed by atoms with Crippen LogP contribution >= 0.6 is 0 Å². The van der Waals surface area contributed by atoms with Gasteiger partial charge in [-0.1, -0.05) is 92.2 Å². The molecule has 0 saturated heterocycles. The Bertz CT molecular complexity index is 954. The molecule has 0 aliphatic heterocycles. The van der Waals surface area contributed by atoms with E-state index in [0.717, 1.165) is 0 Å². The van der Waals surface area contributed by atoms with E-state index in [-0.39, 0.29) is 14.9 Å². The molecular formula is C27H31N. The van der Waals surface area contributed by atoms with Crippen molar-refractivity contribution in [3.8, 4) is 28.2 Å². The topological polar surface area (TPSA) is 4.93 Å². The second kappa shape index (κ2) is 8.75. The van der Waals surface area contributed by atoms with Crippen LogP contribution in [0.15, 0.2) is 84.9 Å². The molecule has 0 radical (unpaired) electrons. The van der Waals surface area contributed by atoms with Gasteiger partial charge in [0, 0.05) is 5.69 Å². The molecular weight excluding hydrogens is 338 g/mol. The molecule has 0 bridgehead atoms. The number of aryl methyl sites for hydroxylation is 3. The summed E-state index contributed by atoms with van der Waals surface area (Å²) in [5.74, 6) is 0. The van der Waals surface area contributed by atoms with E-state index in [2.05, 4.69) is 110 Å². The highest BCUT2D eigenvalue weighted by Crippen LogP contribution is 2.32. The van der Waals surface area contributed by atoms with Crippen molar-refractivity contribution in [1.29, 1.82) is 0 Å². The Labute approximate surface area is 170 Å². The fourth-order valence-electron chi connectivity index (χ4n) is 3.31. The monoisotopic (exact) mass is 369 g/mol. The lowest BCUT2D eigenvalue weighted by atomic mass is 10.1. The van der Waals surface area contributed by atoms with Crippen LogP contribution in [0.2, 0.25) is 0 Å². The van der Waals surface area contributed by atoms with Gasteiger partial charge in [0.15, 0.2) is 0 Å². The molecule has 0 saturated carbocycles. The summed E-state index contributed by atoms with van der Waals surface area (Å²) in [7, 11) is 0. The predicted molar refractivity (Wildman–Crippen MR) is 124 cm³/mol. The first kappa shape index (κ1) is 21.2. The minimum absolute atomic E-state index is 0. The van der Waals surface area contributed by atoms with Gasteiger partial charge in [-0.15, -0.1) is 0 Å². The number of rotatable bonds is 3. The molecule has 0 N–H and O–H groups in total. The van der Waals surface area contributed by atoms with Crippen LogP contribution in [0.25, 0.3) is 28.2 Å².